The largest absolute Gasteiger partial charge is 0.330 e. The summed E-state index contributed by atoms with van der Waals surface area (Å²) in [6.07, 6.45) is 1.05. The van der Waals surface area contributed by atoms with E-state index in [0.717, 1.165) is 26.1 Å². The fourth-order valence-electron chi connectivity index (χ4n) is 1.26. The van der Waals surface area contributed by atoms with Gasteiger partial charge in [-0.15, -0.1) is 0 Å². The molecule has 2 nitrogen and oxygen atoms in total. The van der Waals surface area contributed by atoms with Gasteiger partial charge in [-0.3, -0.25) is 0 Å². The molecule has 0 aromatic heterocycles. The highest BCUT2D eigenvalue weighted by atomic mass is 14.8. The van der Waals surface area contributed by atoms with Crippen molar-refractivity contribution in [3.63, 3.8) is 0 Å². The molecule has 0 aliphatic heterocycles. The summed E-state index contributed by atoms with van der Waals surface area (Å²) < 4.78 is 0. The van der Waals surface area contributed by atoms with E-state index in [1.165, 1.54) is 11.1 Å². The minimum absolute atomic E-state index is 0.765. The number of hydrogen-bond acceptors (Lipinski definition) is 2. The van der Waals surface area contributed by atoms with Crippen molar-refractivity contribution in [2.75, 3.05) is 13.1 Å². The summed E-state index contributed by atoms with van der Waals surface area (Å²) in [6.45, 7) is 4.86. The van der Waals surface area contributed by atoms with Crippen molar-refractivity contribution in [3.8, 4) is 0 Å². The Hall–Kier alpha value is -0.860. The second kappa shape index (κ2) is 5.73. The minimum atomic E-state index is 0.765. The van der Waals surface area contributed by atoms with Gasteiger partial charge in [-0.25, -0.2) is 0 Å². The molecule has 0 aliphatic carbocycles. The SMILES string of the molecule is Cc1ccccc1CNCCCN. The Kier molecular flexibility index (Phi) is 4.50. The molecule has 0 unspecified atom stereocenters. The molecule has 1 aromatic rings. The zero-order valence-electron chi connectivity index (χ0n) is 8.22. The smallest absolute Gasteiger partial charge is 0.0208 e. The number of nitrogens with two attached hydrogens (primary N) is 1. The van der Waals surface area contributed by atoms with Gasteiger partial charge in [0.25, 0.3) is 0 Å². The third-order valence-corrected chi connectivity index (χ3v) is 2.13. The van der Waals surface area contributed by atoms with Gasteiger partial charge >= 0.3 is 0 Å². The van der Waals surface area contributed by atoms with Gasteiger partial charge in [-0.1, -0.05) is 24.3 Å². The molecule has 0 saturated heterocycles. The normalized spacial score (nSPS) is 10.3. The fourth-order valence-corrected chi connectivity index (χ4v) is 1.26. The van der Waals surface area contributed by atoms with E-state index >= 15 is 0 Å². The molecular formula is C11H18N2. The first-order chi connectivity index (χ1) is 6.34. The van der Waals surface area contributed by atoms with Crippen molar-refractivity contribution >= 4 is 0 Å². The Bertz CT molecular complexity index is 246. The van der Waals surface area contributed by atoms with Gasteiger partial charge in [-0.2, -0.15) is 0 Å². The molecule has 0 radical (unpaired) electrons. The Morgan fingerprint density at radius 1 is 1.31 bits per heavy atom. The number of nitrogens with one attached hydrogen (secondary N) is 1. The highest BCUT2D eigenvalue weighted by Gasteiger charge is 1.94. The van der Waals surface area contributed by atoms with Gasteiger partial charge < -0.3 is 11.1 Å². The second-order valence-corrected chi connectivity index (χ2v) is 3.25. The van der Waals surface area contributed by atoms with E-state index in [1.54, 1.807) is 0 Å². The molecule has 0 fully saturated rings. The van der Waals surface area contributed by atoms with Crippen molar-refractivity contribution in [1.29, 1.82) is 0 Å². The van der Waals surface area contributed by atoms with E-state index in [9.17, 15) is 0 Å². The monoisotopic (exact) mass is 178 g/mol. The summed E-state index contributed by atoms with van der Waals surface area (Å²) >= 11 is 0. The molecule has 0 aliphatic rings. The summed E-state index contributed by atoms with van der Waals surface area (Å²) in [5, 5.41) is 3.36. The molecule has 72 valence electrons. The maximum Gasteiger partial charge on any atom is 0.0208 e. The van der Waals surface area contributed by atoms with Gasteiger partial charge in [0, 0.05) is 6.54 Å². The van der Waals surface area contributed by atoms with Crippen LogP contribution in [-0.4, -0.2) is 13.1 Å². The first-order valence-electron chi connectivity index (χ1n) is 4.80. The molecule has 0 bridgehead atoms. The van der Waals surface area contributed by atoms with E-state index in [2.05, 4.69) is 36.5 Å². The van der Waals surface area contributed by atoms with Crippen LogP contribution in [0.15, 0.2) is 24.3 Å². The van der Waals surface area contributed by atoms with E-state index in [0.29, 0.717) is 0 Å². The Balaban J connectivity index is 2.32. The molecule has 2 heteroatoms. The minimum Gasteiger partial charge on any atom is -0.330 e. The Morgan fingerprint density at radius 3 is 2.77 bits per heavy atom. The first kappa shape index (κ1) is 10.2. The highest BCUT2D eigenvalue weighted by Crippen LogP contribution is 2.05. The zero-order valence-corrected chi connectivity index (χ0v) is 8.22. The van der Waals surface area contributed by atoms with Crippen molar-refractivity contribution in [1.82, 2.24) is 5.32 Å². The van der Waals surface area contributed by atoms with Crippen LogP contribution < -0.4 is 11.1 Å². The average Bonchev–Trinajstić information content (AvgIpc) is 2.15. The molecule has 0 atom stereocenters. The summed E-state index contributed by atoms with van der Waals surface area (Å²) in [5.74, 6) is 0. The Morgan fingerprint density at radius 2 is 2.08 bits per heavy atom. The third kappa shape index (κ3) is 3.57. The van der Waals surface area contributed by atoms with Crippen LogP contribution in [-0.2, 0) is 6.54 Å². The predicted octanol–water partition coefficient (Wildman–Crippen LogP) is 1.43. The molecule has 1 aromatic carbocycles. The van der Waals surface area contributed by atoms with Crippen molar-refractivity contribution < 1.29 is 0 Å². The van der Waals surface area contributed by atoms with Crippen molar-refractivity contribution in [2.24, 2.45) is 5.73 Å². The van der Waals surface area contributed by atoms with Gasteiger partial charge in [-0.05, 0) is 37.6 Å². The van der Waals surface area contributed by atoms with Crippen LogP contribution in [0.1, 0.15) is 17.5 Å². The lowest BCUT2D eigenvalue weighted by molar-refractivity contribution is 0.654. The van der Waals surface area contributed by atoms with E-state index in [-0.39, 0.29) is 0 Å². The van der Waals surface area contributed by atoms with E-state index in [1.807, 2.05) is 0 Å². The lowest BCUT2D eigenvalue weighted by Gasteiger charge is -2.06. The molecule has 1 rings (SSSR count). The van der Waals surface area contributed by atoms with Gasteiger partial charge in [0.2, 0.25) is 0 Å². The number of hydrogen-bond donors (Lipinski definition) is 2. The van der Waals surface area contributed by atoms with Crippen molar-refractivity contribution in [3.05, 3.63) is 35.4 Å². The van der Waals surface area contributed by atoms with Crippen LogP contribution in [0.2, 0.25) is 0 Å². The van der Waals surface area contributed by atoms with Gasteiger partial charge in [0.05, 0.1) is 0 Å². The molecule has 0 saturated carbocycles. The third-order valence-electron chi connectivity index (χ3n) is 2.13. The van der Waals surface area contributed by atoms with Crippen LogP contribution >= 0.6 is 0 Å². The molecule has 0 heterocycles. The summed E-state index contributed by atoms with van der Waals surface area (Å²) in [6, 6.07) is 8.44. The highest BCUT2D eigenvalue weighted by molar-refractivity contribution is 5.25. The summed E-state index contributed by atoms with van der Waals surface area (Å²) in [5.41, 5.74) is 8.12. The summed E-state index contributed by atoms with van der Waals surface area (Å²) in [7, 11) is 0. The predicted molar refractivity (Wildman–Crippen MR) is 56.6 cm³/mol. The standard InChI is InChI=1S/C11H18N2/c1-10-5-2-3-6-11(10)9-13-8-4-7-12/h2-3,5-6,13H,4,7-9,12H2,1H3. The molecule has 13 heavy (non-hydrogen) atoms. The molecule has 3 N–H and O–H groups in total. The second-order valence-electron chi connectivity index (χ2n) is 3.25. The van der Waals surface area contributed by atoms with Crippen LogP contribution in [0.4, 0.5) is 0 Å². The van der Waals surface area contributed by atoms with Crippen LogP contribution in [0.5, 0.6) is 0 Å². The average molecular weight is 178 g/mol. The van der Waals surface area contributed by atoms with Crippen LogP contribution in [0.3, 0.4) is 0 Å². The lowest BCUT2D eigenvalue weighted by Crippen LogP contribution is -2.18. The van der Waals surface area contributed by atoms with E-state index < -0.39 is 0 Å². The van der Waals surface area contributed by atoms with Crippen LogP contribution in [0, 0.1) is 6.92 Å². The number of rotatable bonds is 5. The van der Waals surface area contributed by atoms with Crippen molar-refractivity contribution in [2.45, 2.75) is 19.9 Å². The van der Waals surface area contributed by atoms with Gasteiger partial charge in [0.1, 0.15) is 0 Å². The molecule has 0 spiro atoms. The number of benzene rings is 1. The fraction of sp³-hybridized carbons (Fsp3) is 0.455. The molecular weight excluding hydrogens is 160 g/mol. The van der Waals surface area contributed by atoms with Gasteiger partial charge in [0.15, 0.2) is 0 Å². The molecule has 0 amide bonds. The first-order valence-corrected chi connectivity index (χ1v) is 4.80. The zero-order chi connectivity index (χ0) is 9.52. The maximum absolute atomic E-state index is 5.40. The van der Waals surface area contributed by atoms with E-state index in [4.69, 9.17) is 5.73 Å². The Labute approximate surface area is 80.1 Å². The maximum atomic E-state index is 5.40. The lowest BCUT2D eigenvalue weighted by atomic mass is 10.1. The topological polar surface area (TPSA) is 38.0 Å². The number of aryl methyl sites for hydroxylation is 1. The quantitative estimate of drug-likeness (QED) is 0.669. The summed E-state index contributed by atoms with van der Waals surface area (Å²) in [4.78, 5) is 0. The van der Waals surface area contributed by atoms with Crippen LogP contribution in [0.25, 0.3) is 0 Å².